The maximum atomic E-state index is 11.8. The van der Waals surface area contributed by atoms with Crippen molar-refractivity contribution in [3.8, 4) is 16.9 Å². The minimum atomic E-state index is -3.44. The summed E-state index contributed by atoms with van der Waals surface area (Å²) in [4.78, 5) is 14.5. The molecule has 0 aliphatic rings. The van der Waals surface area contributed by atoms with E-state index in [0.29, 0.717) is 22.8 Å². The Labute approximate surface area is 134 Å². The number of hydrogen-bond donors (Lipinski definition) is 3. The fourth-order valence-electron chi connectivity index (χ4n) is 2.26. The van der Waals surface area contributed by atoms with Crippen LogP contribution in [0.4, 0.5) is 11.4 Å². The molecule has 0 spiro atoms. The van der Waals surface area contributed by atoms with Crippen molar-refractivity contribution in [3.63, 3.8) is 0 Å². The molecule has 7 nitrogen and oxygen atoms in total. The molecular formula is C15H19N3O4S. The van der Waals surface area contributed by atoms with Crippen LogP contribution >= 0.6 is 0 Å². The van der Waals surface area contributed by atoms with Gasteiger partial charge in [-0.15, -0.1) is 0 Å². The van der Waals surface area contributed by atoms with E-state index in [-0.39, 0.29) is 5.56 Å². The minimum Gasteiger partial charge on any atom is -0.495 e. The lowest BCUT2D eigenvalue weighted by Gasteiger charge is -2.13. The Morgan fingerprint density at radius 3 is 2.43 bits per heavy atom. The van der Waals surface area contributed by atoms with Crippen LogP contribution in [-0.2, 0) is 10.0 Å². The molecule has 0 saturated heterocycles. The molecule has 0 saturated carbocycles. The molecule has 23 heavy (non-hydrogen) atoms. The number of sulfonamides is 1. The molecule has 1 aromatic heterocycles. The van der Waals surface area contributed by atoms with Crippen molar-refractivity contribution in [2.75, 3.05) is 30.5 Å². The average Bonchev–Trinajstić information content (AvgIpc) is 2.46. The number of methoxy groups -OCH3 is 1. The standard InChI is InChI=1S/C15H19N3O4S/c1-9-11(8-13(16-2)15(19)17-9)10-5-6-14(22-3)12(7-10)18-23(4,20)21/h5-8,16,18H,1-4H3,(H,17,19). The maximum absolute atomic E-state index is 11.8. The first kappa shape index (κ1) is 16.9. The van der Waals surface area contributed by atoms with Crippen LogP contribution in [0, 0.1) is 6.92 Å². The van der Waals surface area contributed by atoms with Crippen molar-refractivity contribution in [3.05, 3.63) is 40.3 Å². The predicted molar refractivity (Wildman–Crippen MR) is 91.8 cm³/mol. The second-order valence-corrected chi connectivity index (χ2v) is 6.84. The van der Waals surface area contributed by atoms with Gasteiger partial charge in [0.05, 0.1) is 19.1 Å². The van der Waals surface area contributed by atoms with Crippen LogP contribution in [0.3, 0.4) is 0 Å². The van der Waals surface area contributed by atoms with Crippen molar-refractivity contribution in [2.45, 2.75) is 6.92 Å². The SMILES string of the molecule is CNc1cc(-c2ccc(OC)c(NS(C)(=O)=O)c2)c(C)[nH]c1=O. The Morgan fingerprint density at radius 1 is 1.17 bits per heavy atom. The summed E-state index contributed by atoms with van der Waals surface area (Å²) in [6.07, 6.45) is 1.07. The lowest BCUT2D eigenvalue weighted by atomic mass is 10.0. The molecule has 8 heteroatoms. The highest BCUT2D eigenvalue weighted by atomic mass is 32.2. The van der Waals surface area contributed by atoms with Crippen molar-refractivity contribution in [1.82, 2.24) is 4.98 Å². The lowest BCUT2D eigenvalue weighted by Crippen LogP contribution is -2.13. The Hall–Kier alpha value is -2.48. The lowest BCUT2D eigenvalue weighted by molar-refractivity contribution is 0.417. The Morgan fingerprint density at radius 2 is 1.87 bits per heavy atom. The monoisotopic (exact) mass is 337 g/mol. The van der Waals surface area contributed by atoms with Gasteiger partial charge in [-0.2, -0.15) is 0 Å². The number of aromatic amines is 1. The average molecular weight is 337 g/mol. The van der Waals surface area contributed by atoms with Gasteiger partial charge in [-0.25, -0.2) is 8.42 Å². The molecule has 2 aromatic rings. The van der Waals surface area contributed by atoms with Gasteiger partial charge in [-0.1, -0.05) is 6.07 Å². The van der Waals surface area contributed by atoms with Crippen LogP contribution in [0.2, 0.25) is 0 Å². The largest absolute Gasteiger partial charge is 0.495 e. The Balaban J connectivity index is 2.61. The van der Waals surface area contributed by atoms with Gasteiger partial charge in [-0.3, -0.25) is 9.52 Å². The third kappa shape index (κ3) is 3.84. The molecule has 0 amide bonds. The van der Waals surface area contributed by atoms with Crippen LogP contribution in [-0.4, -0.2) is 33.8 Å². The summed E-state index contributed by atoms with van der Waals surface area (Å²) in [5.41, 5.74) is 2.78. The van der Waals surface area contributed by atoms with E-state index in [2.05, 4.69) is 15.0 Å². The number of benzene rings is 1. The van der Waals surface area contributed by atoms with Crippen molar-refractivity contribution >= 4 is 21.4 Å². The van der Waals surface area contributed by atoms with Crippen LogP contribution < -0.4 is 20.3 Å². The number of pyridine rings is 1. The number of ether oxygens (including phenoxy) is 1. The van der Waals surface area contributed by atoms with Crippen LogP contribution in [0.1, 0.15) is 5.69 Å². The highest BCUT2D eigenvalue weighted by Gasteiger charge is 2.12. The first-order chi connectivity index (χ1) is 10.7. The number of aromatic nitrogens is 1. The molecule has 0 atom stereocenters. The topological polar surface area (TPSA) is 100 Å². The molecule has 0 aliphatic heterocycles. The molecule has 0 unspecified atom stereocenters. The minimum absolute atomic E-state index is 0.211. The van der Waals surface area contributed by atoms with Gasteiger partial charge in [0.2, 0.25) is 10.0 Å². The summed E-state index contributed by atoms with van der Waals surface area (Å²) in [7, 11) is -0.312. The molecule has 124 valence electrons. The third-order valence-electron chi connectivity index (χ3n) is 3.31. The van der Waals surface area contributed by atoms with Gasteiger partial charge in [0.25, 0.3) is 5.56 Å². The fourth-order valence-corrected chi connectivity index (χ4v) is 2.82. The number of anilines is 2. The molecule has 0 radical (unpaired) electrons. The predicted octanol–water partition coefficient (Wildman–Crippen LogP) is 1.77. The van der Waals surface area contributed by atoms with E-state index in [1.54, 1.807) is 38.2 Å². The molecule has 0 aliphatic carbocycles. The normalized spacial score (nSPS) is 11.1. The van der Waals surface area contributed by atoms with Gasteiger partial charge in [-0.05, 0) is 30.7 Å². The van der Waals surface area contributed by atoms with Crippen LogP contribution in [0.25, 0.3) is 11.1 Å². The first-order valence-electron chi connectivity index (χ1n) is 6.83. The van der Waals surface area contributed by atoms with Crippen molar-refractivity contribution in [2.24, 2.45) is 0 Å². The quantitative estimate of drug-likeness (QED) is 0.772. The second-order valence-electron chi connectivity index (χ2n) is 5.09. The number of aryl methyl sites for hydroxylation is 1. The summed E-state index contributed by atoms with van der Waals surface area (Å²) in [6, 6.07) is 6.86. The molecule has 1 heterocycles. The zero-order valence-corrected chi connectivity index (χ0v) is 14.2. The molecule has 0 bridgehead atoms. The van der Waals surface area contributed by atoms with Gasteiger partial charge in [0, 0.05) is 18.3 Å². The summed E-state index contributed by atoms with van der Waals surface area (Å²) in [5.74, 6) is 0.412. The van der Waals surface area contributed by atoms with E-state index < -0.39 is 10.0 Å². The molecule has 0 fully saturated rings. The van der Waals surface area contributed by atoms with Gasteiger partial charge < -0.3 is 15.0 Å². The Kier molecular flexibility index (Phi) is 4.65. The van der Waals surface area contributed by atoms with Crippen LogP contribution in [0.5, 0.6) is 5.75 Å². The fraction of sp³-hybridized carbons (Fsp3) is 0.267. The zero-order valence-electron chi connectivity index (χ0n) is 13.4. The zero-order chi connectivity index (χ0) is 17.2. The number of hydrogen-bond acceptors (Lipinski definition) is 5. The number of H-pyrrole nitrogens is 1. The highest BCUT2D eigenvalue weighted by Crippen LogP contribution is 2.32. The Bertz CT molecular complexity index is 888. The van der Waals surface area contributed by atoms with Gasteiger partial charge >= 0.3 is 0 Å². The number of nitrogens with one attached hydrogen (secondary N) is 3. The number of rotatable bonds is 5. The maximum Gasteiger partial charge on any atom is 0.271 e. The smallest absolute Gasteiger partial charge is 0.271 e. The summed E-state index contributed by atoms with van der Waals surface area (Å²) in [6.45, 7) is 1.78. The summed E-state index contributed by atoms with van der Waals surface area (Å²) in [5, 5.41) is 2.83. The van der Waals surface area contributed by atoms with Crippen molar-refractivity contribution in [1.29, 1.82) is 0 Å². The second kappa shape index (κ2) is 6.33. The highest BCUT2D eigenvalue weighted by molar-refractivity contribution is 7.92. The molecule has 1 aromatic carbocycles. The summed E-state index contributed by atoms with van der Waals surface area (Å²) >= 11 is 0. The van der Waals surface area contributed by atoms with E-state index in [1.165, 1.54) is 7.11 Å². The summed E-state index contributed by atoms with van der Waals surface area (Å²) < 4.78 is 30.6. The third-order valence-corrected chi connectivity index (χ3v) is 3.90. The van der Waals surface area contributed by atoms with Crippen molar-refractivity contribution < 1.29 is 13.2 Å². The van der Waals surface area contributed by atoms with E-state index in [0.717, 1.165) is 17.4 Å². The first-order valence-corrected chi connectivity index (χ1v) is 8.72. The van der Waals surface area contributed by atoms with Gasteiger partial charge in [0.15, 0.2) is 0 Å². The van der Waals surface area contributed by atoms with Crippen LogP contribution in [0.15, 0.2) is 29.1 Å². The van der Waals surface area contributed by atoms with Gasteiger partial charge in [0.1, 0.15) is 11.4 Å². The van der Waals surface area contributed by atoms with E-state index >= 15 is 0 Å². The van der Waals surface area contributed by atoms with E-state index in [4.69, 9.17) is 4.74 Å². The van der Waals surface area contributed by atoms with E-state index in [1.807, 2.05) is 0 Å². The molecular weight excluding hydrogens is 318 g/mol. The molecule has 3 N–H and O–H groups in total. The molecule has 2 rings (SSSR count). The van der Waals surface area contributed by atoms with E-state index in [9.17, 15) is 13.2 Å².